The van der Waals surface area contributed by atoms with Crippen LogP contribution in [0.15, 0.2) is 24.3 Å². The van der Waals surface area contributed by atoms with Crippen molar-refractivity contribution in [3.05, 3.63) is 34.9 Å². The van der Waals surface area contributed by atoms with Crippen molar-refractivity contribution >= 4 is 11.6 Å². The summed E-state index contributed by atoms with van der Waals surface area (Å²) in [5, 5.41) is 13.8. The van der Waals surface area contributed by atoms with Crippen molar-refractivity contribution in [1.82, 2.24) is 5.32 Å². The van der Waals surface area contributed by atoms with E-state index in [0.717, 1.165) is 10.6 Å². The van der Waals surface area contributed by atoms with Gasteiger partial charge in [-0.3, -0.25) is 0 Å². The summed E-state index contributed by atoms with van der Waals surface area (Å²) in [6.45, 7) is 7.81. The number of ether oxygens (including phenoxy) is 1. The second-order valence-corrected chi connectivity index (χ2v) is 5.67. The zero-order chi connectivity index (χ0) is 14.3. The maximum atomic E-state index is 9.79. The monoisotopic (exact) mass is 285 g/mol. The van der Waals surface area contributed by atoms with Crippen molar-refractivity contribution in [2.75, 3.05) is 13.2 Å². The Kier molecular flexibility index (Phi) is 7.39. The molecule has 1 aromatic rings. The minimum Gasteiger partial charge on any atom is -0.389 e. The standard InChI is InChI=1S/C15H24ClNO2/c1-11(2)12(3)17-8-15(18)10-19-9-13-4-6-14(16)7-5-13/h4-7,11-12,15,17-18H,8-10H2,1-3H3. The fraction of sp³-hybridized carbons (Fsp3) is 0.600. The fourth-order valence-electron chi connectivity index (χ4n) is 1.51. The summed E-state index contributed by atoms with van der Waals surface area (Å²) in [6.07, 6.45) is -0.478. The quantitative estimate of drug-likeness (QED) is 0.772. The van der Waals surface area contributed by atoms with Gasteiger partial charge in [-0.15, -0.1) is 0 Å². The van der Waals surface area contributed by atoms with E-state index in [4.69, 9.17) is 16.3 Å². The van der Waals surface area contributed by atoms with E-state index < -0.39 is 6.10 Å². The second-order valence-electron chi connectivity index (χ2n) is 5.24. The Bertz CT molecular complexity index is 354. The minimum atomic E-state index is -0.478. The molecule has 108 valence electrons. The molecule has 0 saturated carbocycles. The number of hydrogen-bond acceptors (Lipinski definition) is 3. The smallest absolute Gasteiger partial charge is 0.0897 e. The van der Waals surface area contributed by atoms with Gasteiger partial charge < -0.3 is 15.2 Å². The summed E-state index contributed by atoms with van der Waals surface area (Å²) in [6, 6.07) is 7.91. The Morgan fingerprint density at radius 2 is 1.84 bits per heavy atom. The SMILES string of the molecule is CC(C)C(C)NCC(O)COCc1ccc(Cl)cc1. The fourth-order valence-corrected chi connectivity index (χ4v) is 1.64. The lowest BCUT2D eigenvalue weighted by Gasteiger charge is -2.20. The molecule has 1 aromatic carbocycles. The zero-order valence-electron chi connectivity index (χ0n) is 11.9. The van der Waals surface area contributed by atoms with Crippen molar-refractivity contribution < 1.29 is 9.84 Å². The average Bonchev–Trinajstić information content (AvgIpc) is 2.38. The lowest BCUT2D eigenvalue weighted by Crippen LogP contribution is -2.38. The van der Waals surface area contributed by atoms with Gasteiger partial charge in [0.05, 0.1) is 19.3 Å². The van der Waals surface area contributed by atoms with Crippen molar-refractivity contribution in [2.24, 2.45) is 5.92 Å². The van der Waals surface area contributed by atoms with E-state index in [1.807, 2.05) is 24.3 Å². The first-order valence-corrected chi connectivity index (χ1v) is 7.10. The predicted molar refractivity (Wildman–Crippen MR) is 79.4 cm³/mol. The van der Waals surface area contributed by atoms with Gasteiger partial charge in [-0.1, -0.05) is 37.6 Å². The van der Waals surface area contributed by atoms with Gasteiger partial charge in [-0.05, 0) is 30.5 Å². The lowest BCUT2D eigenvalue weighted by molar-refractivity contribution is 0.0272. The molecular weight excluding hydrogens is 262 g/mol. The molecule has 0 aromatic heterocycles. The van der Waals surface area contributed by atoms with Crippen LogP contribution in [0.4, 0.5) is 0 Å². The topological polar surface area (TPSA) is 41.5 Å². The highest BCUT2D eigenvalue weighted by Gasteiger charge is 2.09. The molecule has 0 heterocycles. The molecule has 2 atom stereocenters. The Labute approximate surface area is 120 Å². The molecule has 0 spiro atoms. The van der Waals surface area contributed by atoms with Crippen LogP contribution >= 0.6 is 11.6 Å². The molecule has 0 radical (unpaired) electrons. The molecule has 0 amide bonds. The zero-order valence-corrected chi connectivity index (χ0v) is 12.7. The van der Waals surface area contributed by atoms with Crippen LogP contribution < -0.4 is 5.32 Å². The van der Waals surface area contributed by atoms with Gasteiger partial charge in [0.2, 0.25) is 0 Å². The Hall–Kier alpha value is -0.610. The van der Waals surface area contributed by atoms with Crippen LogP contribution in [-0.4, -0.2) is 30.4 Å². The summed E-state index contributed by atoms with van der Waals surface area (Å²) in [5.41, 5.74) is 1.06. The highest BCUT2D eigenvalue weighted by atomic mass is 35.5. The Morgan fingerprint density at radius 3 is 2.42 bits per heavy atom. The van der Waals surface area contributed by atoms with Gasteiger partial charge in [-0.2, -0.15) is 0 Å². The minimum absolute atomic E-state index is 0.334. The number of aliphatic hydroxyl groups excluding tert-OH is 1. The van der Waals surface area contributed by atoms with E-state index in [9.17, 15) is 5.11 Å². The molecule has 0 aliphatic carbocycles. The van der Waals surface area contributed by atoms with Crippen LogP contribution in [0.1, 0.15) is 26.3 Å². The van der Waals surface area contributed by atoms with E-state index in [1.54, 1.807) is 0 Å². The van der Waals surface area contributed by atoms with Gasteiger partial charge in [-0.25, -0.2) is 0 Å². The number of rotatable bonds is 8. The van der Waals surface area contributed by atoms with E-state index in [2.05, 4.69) is 26.1 Å². The van der Waals surface area contributed by atoms with Crippen molar-refractivity contribution in [1.29, 1.82) is 0 Å². The third kappa shape index (κ3) is 6.92. The summed E-state index contributed by atoms with van der Waals surface area (Å²) >= 11 is 5.80. The van der Waals surface area contributed by atoms with Gasteiger partial charge in [0.1, 0.15) is 0 Å². The lowest BCUT2D eigenvalue weighted by atomic mass is 10.1. The molecule has 0 aliphatic heterocycles. The Morgan fingerprint density at radius 1 is 1.21 bits per heavy atom. The number of halogens is 1. The number of aliphatic hydroxyl groups is 1. The molecule has 2 N–H and O–H groups in total. The average molecular weight is 286 g/mol. The van der Waals surface area contributed by atoms with Crippen LogP contribution in [0.5, 0.6) is 0 Å². The first-order chi connectivity index (χ1) is 8.99. The number of hydrogen-bond donors (Lipinski definition) is 2. The molecule has 0 bridgehead atoms. The number of nitrogens with one attached hydrogen (secondary N) is 1. The first kappa shape index (κ1) is 16.4. The highest BCUT2D eigenvalue weighted by Crippen LogP contribution is 2.10. The molecular formula is C15H24ClNO2. The second kappa shape index (κ2) is 8.54. The van der Waals surface area contributed by atoms with E-state index in [1.165, 1.54) is 0 Å². The van der Waals surface area contributed by atoms with Gasteiger partial charge in [0.15, 0.2) is 0 Å². The highest BCUT2D eigenvalue weighted by molar-refractivity contribution is 6.30. The number of benzene rings is 1. The molecule has 4 heteroatoms. The van der Waals surface area contributed by atoms with Crippen LogP contribution in [0, 0.1) is 5.92 Å². The van der Waals surface area contributed by atoms with Crippen LogP contribution in [0.3, 0.4) is 0 Å². The third-order valence-electron chi connectivity index (χ3n) is 3.17. The molecule has 1 rings (SSSR count). The molecule has 0 aliphatic rings. The van der Waals surface area contributed by atoms with Crippen molar-refractivity contribution in [3.63, 3.8) is 0 Å². The van der Waals surface area contributed by atoms with Crippen LogP contribution in [0.2, 0.25) is 5.02 Å². The summed E-state index contributed by atoms with van der Waals surface area (Å²) < 4.78 is 5.48. The molecule has 2 unspecified atom stereocenters. The third-order valence-corrected chi connectivity index (χ3v) is 3.42. The van der Waals surface area contributed by atoms with E-state index in [0.29, 0.717) is 31.7 Å². The van der Waals surface area contributed by atoms with Crippen LogP contribution in [0.25, 0.3) is 0 Å². The van der Waals surface area contributed by atoms with Gasteiger partial charge >= 0.3 is 0 Å². The largest absolute Gasteiger partial charge is 0.389 e. The van der Waals surface area contributed by atoms with Crippen LogP contribution in [-0.2, 0) is 11.3 Å². The maximum absolute atomic E-state index is 9.79. The summed E-state index contributed by atoms with van der Waals surface area (Å²) in [5.74, 6) is 0.558. The molecule has 0 fully saturated rings. The predicted octanol–water partition coefficient (Wildman–Crippen LogP) is 2.85. The van der Waals surface area contributed by atoms with E-state index >= 15 is 0 Å². The Balaban J connectivity index is 2.16. The van der Waals surface area contributed by atoms with Crippen molar-refractivity contribution in [2.45, 2.75) is 39.5 Å². The maximum Gasteiger partial charge on any atom is 0.0897 e. The molecule has 19 heavy (non-hydrogen) atoms. The molecule has 0 saturated heterocycles. The molecule has 3 nitrogen and oxygen atoms in total. The van der Waals surface area contributed by atoms with Gasteiger partial charge in [0, 0.05) is 17.6 Å². The van der Waals surface area contributed by atoms with Gasteiger partial charge in [0.25, 0.3) is 0 Å². The normalized spacial score (nSPS) is 14.6. The van der Waals surface area contributed by atoms with Crippen molar-refractivity contribution in [3.8, 4) is 0 Å². The first-order valence-electron chi connectivity index (χ1n) is 6.72. The van der Waals surface area contributed by atoms with E-state index in [-0.39, 0.29) is 0 Å². The summed E-state index contributed by atoms with van der Waals surface area (Å²) in [7, 11) is 0. The summed E-state index contributed by atoms with van der Waals surface area (Å²) in [4.78, 5) is 0.